The number of hydrogen-bond donors (Lipinski definition) is 0. The molecule has 1 atom stereocenters. The molecule has 0 aliphatic rings. The lowest BCUT2D eigenvalue weighted by molar-refractivity contribution is 0.414. The summed E-state index contributed by atoms with van der Waals surface area (Å²) in [6.45, 7) is 4.09. The molecule has 3 nitrogen and oxygen atoms in total. The summed E-state index contributed by atoms with van der Waals surface area (Å²) in [7, 11) is 1.59. The van der Waals surface area contributed by atoms with Crippen molar-refractivity contribution in [3.63, 3.8) is 0 Å². The average molecular weight is 232 g/mol. The van der Waals surface area contributed by atoms with E-state index in [-0.39, 0.29) is 11.5 Å². The van der Waals surface area contributed by atoms with Crippen LogP contribution in [-0.2, 0) is 0 Å². The highest BCUT2D eigenvalue weighted by Crippen LogP contribution is 2.23. The van der Waals surface area contributed by atoms with Crippen LogP contribution in [0.3, 0.4) is 0 Å². The number of methoxy groups -OCH3 is 1. The van der Waals surface area contributed by atoms with Crippen LogP contribution in [0.4, 0.5) is 0 Å². The van der Waals surface area contributed by atoms with Gasteiger partial charge in [-0.1, -0.05) is 13.8 Å². The van der Waals surface area contributed by atoms with Gasteiger partial charge in [-0.15, -0.1) is 0 Å². The molecule has 0 bridgehead atoms. The van der Waals surface area contributed by atoms with Gasteiger partial charge in [0.2, 0.25) is 0 Å². The summed E-state index contributed by atoms with van der Waals surface area (Å²) in [4.78, 5) is 11.8. The Bertz CT molecular complexity index is 584. The monoisotopic (exact) mass is 232 g/mol. The number of rotatable bonds is 3. The van der Waals surface area contributed by atoms with Crippen molar-refractivity contribution < 1.29 is 9.15 Å². The molecule has 2 aromatic rings. The van der Waals surface area contributed by atoms with Crippen LogP contribution in [0, 0.1) is 0 Å². The summed E-state index contributed by atoms with van der Waals surface area (Å²) >= 11 is 0. The van der Waals surface area contributed by atoms with Gasteiger partial charge in [0.25, 0.3) is 0 Å². The molecule has 1 heterocycles. The molecule has 0 spiro atoms. The van der Waals surface area contributed by atoms with Crippen LogP contribution >= 0.6 is 0 Å². The number of fused-ring (bicyclic) bond motifs is 1. The maximum atomic E-state index is 11.8. The molecule has 1 aromatic carbocycles. The Labute approximate surface area is 100 Å². The predicted octanol–water partition coefficient (Wildman–Crippen LogP) is 3.32. The topological polar surface area (TPSA) is 39.4 Å². The van der Waals surface area contributed by atoms with E-state index < -0.39 is 0 Å². The van der Waals surface area contributed by atoms with E-state index >= 15 is 0 Å². The summed E-state index contributed by atoms with van der Waals surface area (Å²) in [6.07, 6.45) is 0.923. The van der Waals surface area contributed by atoms with Gasteiger partial charge >= 0.3 is 5.63 Å². The highest BCUT2D eigenvalue weighted by Gasteiger charge is 2.11. The van der Waals surface area contributed by atoms with Crippen LogP contribution in [0.25, 0.3) is 11.0 Å². The highest BCUT2D eigenvalue weighted by molar-refractivity contribution is 5.78. The molecule has 0 fully saturated rings. The third-order valence-electron chi connectivity index (χ3n) is 3.11. The Morgan fingerprint density at radius 1 is 1.35 bits per heavy atom. The van der Waals surface area contributed by atoms with Crippen molar-refractivity contribution in [1.29, 1.82) is 0 Å². The van der Waals surface area contributed by atoms with E-state index in [1.165, 1.54) is 0 Å². The van der Waals surface area contributed by atoms with E-state index in [2.05, 4.69) is 6.92 Å². The van der Waals surface area contributed by atoms with E-state index in [0.717, 1.165) is 17.4 Å². The SMILES string of the molecule is CCC(C)c1cc2ccc(OC)cc2oc1=O. The van der Waals surface area contributed by atoms with E-state index in [4.69, 9.17) is 9.15 Å². The summed E-state index contributed by atoms with van der Waals surface area (Å²) in [5.41, 5.74) is 1.06. The van der Waals surface area contributed by atoms with E-state index in [9.17, 15) is 4.79 Å². The summed E-state index contributed by atoms with van der Waals surface area (Å²) in [5, 5.41) is 0.931. The molecular formula is C14H16O3. The number of ether oxygens (including phenoxy) is 1. The van der Waals surface area contributed by atoms with Crippen LogP contribution in [0.1, 0.15) is 31.7 Å². The Morgan fingerprint density at radius 2 is 2.12 bits per heavy atom. The van der Waals surface area contributed by atoms with E-state index in [1.807, 2.05) is 25.1 Å². The van der Waals surface area contributed by atoms with Gasteiger partial charge in [0.05, 0.1) is 7.11 Å². The second-order valence-electron chi connectivity index (χ2n) is 4.20. The van der Waals surface area contributed by atoms with Gasteiger partial charge in [-0.05, 0) is 30.5 Å². The first-order chi connectivity index (χ1) is 8.15. The molecule has 90 valence electrons. The predicted molar refractivity (Wildman–Crippen MR) is 67.7 cm³/mol. The maximum Gasteiger partial charge on any atom is 0.339 e. The van der Waals surface area contributed by atoms with Crippen molar-refractivity contribution in [2.75, 3.05) is 7.11 Å². The van der Waals surface area contributed by atoms with Crippen molar-refractivity contribution in [2.45, 2.75) is 26.2 Å². The van der Waals surface area contributed by atoms with Gasteiger partial charge in [-0.3, -0.25) is 0 Å². The van der Waals surface area contributed by atoms with Crippen molar-refractivity contribution in [2.24, 2.45) is 0 Å². The van der Waals surface area contributed by atoms with Crippen LogP contribution < -0.4 is 10.4 Å². The average Bonchev–Trinajstić information content (AvgIpc) is 2.36. The molecule has 17 heavy (non-hydrogen) atoms. The molecule has 0 radical (unpaired) electrons. The molecular weight excluding hydrogens is 216 g/mol. The van der Waals surface area contributed by atoms with Crippen LogP contribution in [0.2, 0.25) is 0 Å². The first-order valence-electron chi connectivity index (χ1n) is 5.77. The normalized spacial score (nSPS) is 12.6. The van der Waals surface area contributed by atoms with Crippen LogP contribution in [0.5, 0.6) is 5.75 Å². The van der Waals surface area contributed by atoms with Crippen molar-refractivity contribution in [3.8, 4) is 5.75 Å². The first-order valence-corrected chi connectivity index (χ1v) is 5.77. The lowest BCUT2D eigenvalue weighted by atomic mass is 9.99. The Kier molecular flexibility index (Phi) is 3.18. The molecule has 0 aliphatic carbocycles. The second kappa shape index (κ2) is 4.62. The van der Waals surface area contributed by atoms with Crippen molar-refractivity contribution in [3.05, 3.63) is 40.2 Å². The van der Waals surface area contributed by atoms with Crippen LogP contribution in [-0.4, -0.2) is 7.11 Å². The lowest BCUT2D eigenvalue weighted by Crippen LogP contribution is -2.09. The molecule has 0 saturated carbocycles. The summed E-state index contributed by atoms with van der Waals surface area (Å²) in [5.74, 6) is 0.912. The van der Waals surface area contributed by atoms with Gasteiger partial charge < -0.3 is 9.15 Å². The molecule has 1 aromatic heterocycles. The van der Waals surface area contributed by atoms with Crippen molar-refractivity contribution in [1.82, 2.24) is 0 Å². The Hall–Kier alpha value is -1.77. The molecule has 0 N–H and O–H groups in total. The molecule has 0 saturated heterocycles. The molecule has 0 amide bonds. The lowest BCUT2D eigenvalue weighted by Gasteiger charge is -2.08. The highest BCUT2D eigenvalue weighted by atomic mass is 16.5. The minimum atomic E-state index is -0.250. The zero-order valence-electron chi connectivity index (χ0n) is 10.3. The van der Waals surface area contributed by atoms with Gasteiger partial charge in [-0.25, -0.2) is 4.79 Å². The van der Waals surface area contributed by atoms with Gasteiger partial charge in [0, 0.05) is 17.0 Å². The van der Waals surface area contributed by atoms with Gasteiger partial charge in [0.15, 0.2) is 0 Å². The van der Waals surface area contributed by atoms with E-state index in [1.54, 1.807) is 13.2 Å². The number of hydrogen-bond acceptors (Lipinski definition) is 3. The first kappa shape index (κ1) is 11.7. The quantitative estimate of drug-likeness (QED) is 0.762. The molecule has 1 unspecified atom stereocenters. The summed E-state index contributed by atoms with van der Waals surface area (Å²) in [6, 6.07) is 7.41. The maximum absolute atomic E-state index is 11.8. The standard InChI is InChI=1S/C14H16O3/c1-4-9(2)12-7-10-5-6-11(16-3)8-13(10)17-14(12)15/h5-9H,4H2,1-3H3. The largest absolute Gasteiger partial charge is 0.497 e. The van der Waals surface area contributed by atoms with Crippen LogP contribution in [0.15, 0.2) is 33.5 Å². The summed E-state index contributed by atoms with van der Waals surface area (Å²) < 4.78 is 10.4. The molecule has 3 heteroatoms. The minimum Gasteiger partial charge on any atom is -0.497 e. The zero-order valence-corrected chi connectivity index (χ0v) is 10.3. The number of benzene rings is 1. The second-order valence-corrected chi connectivity index (χ2v) is 4.20. The molecule has 0 aliphatic heterocycles. The third-order valence-corrected chi connectivity index (χ3v) is 3.11. The fourth-order valence-corrected chi connectivity index (χ4v) is 1.80. The minimum absolute atomic E-state index is 0.220. The fraction of sp³-hybridized carbons (Fsp3) is 0.357. The fourth-order valence-electron chi connectivity index (χ4n) is 1.80. The smallest absolute Gasteiger partial charge is 0.339 e. The van der Waals surface area contributed by atoms with Crippen molar-refractivity contribution >= 4 is 11.0 Å². The zero-order chi connectivity index (χ0) is 12.4. The Morgan fingerprint density at radius 3 is 2.76 bits per heavy atom. The van der Waals surface area contributed by atoms with Gasteiger partial charge in [-0.2, -0.15) is 0 Å². The van der Waals surface area contributed by atoms with E-state index in [0.29, 0.717) is 11.3 Å². The molecule has 2 rings (SSSR count). The van der Waals surface area contributed by atoms with Gasteiger partial charge in [0.1, 0.15) is 11.3 Å². The Balaban J connectivity index is 2.62. The third kappa shape index (κ3) is 2.18.